The maximum Gasteiger partial charge on any atom is 0.270 e. The second-order valence-electron chi connectivity index (χ2n) is 4.67. The maximum atomic E-state index is 12.4. The van der Waals surface area contributed by atoms with Gasteiger partial charge in [0.15, 0.2) is 0 Å². The fourth-order valence-electron chi connectivity index (χ4n) is 2.40. The summed E-state index contributed by atoms with van der Waals surface area (Å²) in [6.07, 6.45) is 0. The van der Waals surface area contributed by atoms with Crippen molar-refractivity contribution in [1.82, 2.24) is 15.2 Å². The highest BCUT2D eigenvalue weighted by atomic mass is 16.2. The lowest BCUT2D eigenvalue weighted by atomic mass is 10.1. The number of aromatic nitrogens is 1. The minimum absolute atomic E-state index is 0.0974. The van der Waals surface area contributed by atoms with Crippen LogP contribution < -0.4 is 5.32 Å². The van der Waals surface area contributed by atoms with E-state index in [4.69, 9.17) is 0 Å². The van der Waals surface area contributed by atoms with Crippen molar-refractivity contribution < 1.29 is 4.79 Å². The van der Waals surface area contributed by atoms with Crippen molar-refractivity contribution in [2.75, 3.05) is 19.6 Å². The number of carbonyl (C=O) groups is 1. The van der Waals surface area contributed by atoms with Crippen LogP contribution in [0.2, 0.25) is 0 Å². The van der Waals surface area contributed by atoms with Crippen molar-refractivity contribution in [3.8, 4) is 0 Å². The van der Waals surface area contributed by atoms with Gasteiger partial charge in [-0.1, -0.05) is 18.2 Å². The number of aromatic amines is 1. The average molecular weight is 243 g/mol. The van der Waals surface area contributed by atoms with Crippen molar-refractivity contribution in [3.63, 3.8) is 0 Å². The molecule has 4 nitrogen and oxygen atoms in total. The average Bonchev–Trinajstić information content (AvgIpc) is 2.76. The summed E-state index contributed by atoms with van der Waals surface area (Å²) in [5.41, 5.74) is 1.70. The van der Waals surface area contributed by atoms with Crippen LogP contribution in [0.5, 0.6) is 0 Å². The molecule has 0 atom stereocenters. The summed E-state index contributed by atoms with van der Waals surface area (Å²) in [6.45, 7) is 4.58. The fraction of sp³-hybridized carbons (Fsp3) is 0.357. The van der Waals surface area contributed by atoms with Crippen molar-refractivity contribution in [2.24, 2.45) is 0 Å². The number of nitrogens with zero attached hydrogens (tertiary/aromatic N) is 1. The number of amides is 1. The minimum atomic E-state index is 0.0974. The van der Waals surface area contributed by atoms with Crippen molar-refractivity contribution in [3.05, 3.63) is 36.0 Å². The Kier molecular flexibility index (Phi) is 2.80. The van der Waals surface area contributed by atoms with Crippen LogP contribution in [0.3, 0.4) is 0 Å². The lowest BCUT2D eigenvalue weighted by Gasteiger charge is -2.37. The number of rotatable bonds is 3. The fourth-order valence-corrected chi connectivity index (χ4v) is 2.40. The molecule has 0 radical (unpaired) electrons. The summed E-state index contributed by atoms with van der Waals surface area (Å²) in [5.74, 6) is 0.0974. The number of H-pyrrole nitrogens is 1. The van der Waals surface area contributed by atoms with Crippen molar-refractivity contribution in [1.29, 1.82) is 0 Å². The molecule has 94 valence electrons. The van der Waals surface area contributed by atoms with Gasteiger partial charge in [0.05, 0.1) is 6.04 Å². The van der Waals surface area contributed by atoms with E-state index in [1.165, 1.54) is 0 Å². The Bertz CT molecular complexity index is 538. The first kappa shape index (κ1) is 11.3. The summed E-state index contributed by atoms with van der Waals surface area (Å²) in [4.78, 5) is 17.6. The minimum Gasteiger partial charge on any atom is -0.351 e. The van der Waals surface area contributed by atoms with Gasteiger partial charge in [-0.2, -0.15) is 0 Å². The maximum absolute atomic E-state index is 12.4. The van der Waals surface area contributed by atoms with Crippen LogP contribution >= 0.6 is 0 Å². The number of para-hydroxylation sites is 1. The number of nitrogens with one attached hydrogen (secondary N) is 2. The molecule has 1 aromatic heterocycles. The Hall–Kier alpha value is -1.81. The molecule has 1 aromatic carbocycles. The molecule has 1 aliphatic rings. The van der Waals surface area contributed by atoms with E-state index in [1.54, 1.807) is 0 Å². The predicted molar refractivity (Wildman–Crippen MR) is 71.7 cm³/mol. The van der Waals surface area contributed by atoms with Gasteiger partial charge in [-0.3, -0.25) is 4.79 Å². The molecule has 18 heavy (non-hydrogen) atoms. The lowest BCUT2D eigenvalue weighted by molar-refractivity contribution is 0.0625. The zero-order valence-electron chi connectivity index (χ0n) is 10.4. The van der Waals surface area contributed by atoms with Gasteiger partial charge in [0.2, 0.25) is 0 Å². The number of hydrogen-bond acceptors (Lipinski definition) is 2. The van der Waals surface area contributed by atoms with E-state index in [9.17, 15) is 4.79 Å². The molecule has 3 rings (SSSR count). The normalized spacial score (nSPS) is 15.6. The largest absolute Gasteiger partial charge is 0.351 e. The van der Waals surface area contributed by atoms with E-state index in [-0.39, 0.29) is 5.91 Å². The van der Waals surface area contributed by atoms with E-state index >= 15 is 0 Å². The molecule has 1 saturated heterocycles. The first-order valence-electron chi connectivity index (χ1n) is 6.39. The summed E-state index contributed by atoms with van der Waals surface area (Å²) < 4.78 is 0. The number of likely N-dealkylation sites (N-methyl/N-ethyl adjacent to an activating group) is 1. The SMILES string of the molecule is CCN(C(=O)c1cc2ccccc2[nH]1)C1CNC1. The molecule has 0 saturated carbocycles. The van der Waals surface area contributed by atoms with Gasteiger partial charge in [-0.05, 0) is 19.1 Å². The van der Waals surface area contributed by atoms with Gasteiger partial charge in [-0.15, -0.1) is 0 Å². The highest BCUT2D eigenvalue weighted by Crippen LogP contribution is 2.17. The Balaban J connectivity index is 1.90. The second-order valence-corrected chi connectivity index (χ2v) is 4.67. The third-order valence-corrected chi connectivity index (χ3v) is 3.56. The smallest absolute Gasteiger partial charge is 0.270 e. The van der Waals surface area contributed by atoms with Crippen LogP contribution in [0.1, 0.15) is 17.4 Å². The second kappa shape index (κ2) is 4.46. The molecule has 4 heteroatoms. The van der Waals surface area contributed by atoms with Gasteiger partial charge in [0.1, 0.15) is 5.69 Å². The van der Waals surface area contributed by atoms with E-state index in [0.717, 1.165) is 30.5 Å². The van der Waals surface area contributed by atoms with Crippen LogP contribution in [0.4, 0.5) is 0 Å². The Morgan fingerprint density at radius 2 is 2.17 bits per heavy atom. The molecule has 0 unspecified atom stereocenters. The highest BCUT2D eigenvalue weighted by Gasteiger charge is 2.28. The number of carbonyl (C=O) groups excluding carboxylic acids is 1. The van der Waals surface area contributed by atoms with E-state index in [0.29, 0.717) is 11.7 Å². The van der Waals surface area contributed by atoms with Crippen LogP contribution in [-0.2, 0) is 0 Å². The van der Waals surface area contributed by atoms with Gasteiger partial charge < -0.3 is 15.2 Å². The van der Waals surface area contributed by atoms with Crippen LogP contribution in [0, 0.1) is 0 Å². The van der Waals surface area contributed by atoms with E-state index < -0.39 is 0 Å². The van der Waals surface area contributed by atoms with Crippen molar-refractivity contribution >= 4 is 16.8 Å². The molecule has 2 N–H and O–H groups in total. The molecule has 2 heterocycles. The third kappa shape index (κ3) is 1.78. The summed E-state index contributed by atoms with van der Waals surface area (Å²) in [7, 11) is 0. The van der Waals surface area contributed by atoms with Crippen LogP contribution in [0.25, 0.3) is 10.9 Å². The predicted octanol–water partition coefficient (Wildman–Crippen LogP) is 1.60. The molecule has 1 fully saturated rings. The zero-order valence-corrected chi connectivity index (χ0v) is 10.4. The lowest BCUT2D eigenvalue weighted by Crippen LogP contribution is -2.58. The quantitative estimate of drug-likeness (QED) is 0.860. The first-order chi connectivity index (χ1) is 8.79. The molecule has 1 amide bonds. The summed E-state index contributed by atoms with van der Waals surface area (Å²) in [6, 6.07) is 10.2. The highest BCUT2D eigenvalue weighted by molar-refractivity contribution is 5.98. The van der Waals surface area contributed by atoms with Crippen LogP contribution in [0.15, 0.2) is 30.3 Å². The number of benzene rings is 1. The topological polar surface area (TPSA) is 48.1 Å². The Labute approximate surface area is 106 Å². The van der Waals surface area contributed by atoms with Crippen LogP contribution in [-0.4, -0.2) is 41.5 Å². The molecular formula is C14H17N3O. The standard InChI is InChI=1S/C14H17N3O/c1-2-17(11-8-15-9-11)14(18)13-7-10-5-3-4-6-12(10)16-13/h3-7,11,15-16H,2,8-9H2,1H3. The molecule has 0 aliphatic carbocycles. The third-order valence-electron chi connectivity index (χ3n) is 3.56. The summed E-state index contributed by atoms with van der Waals surface area (Å²) in [5, 5.41) is 4.29. The van der Waals surface area contributed by atoms with Gasteiger partial charge in [-0.25, -0.2) is 0 Å². The Morgan fingerprint density at radius 1 is 1.39 bits per heavy atom. The van der Waals surface area contributed by atoms with E-state index in [1.807, 2.05) is 42.2 Å². The van der Waals surface area contributed by atoms with Gasteiger partial charge in [0.25, 0.3) is 5.91 Å². The van der Waals surface area contributed by atoms with Gasteiger partial charge in [0, 0.05) is 30.5 Å². The molecular weight excluding hydrogens is 226 g/mol. The van der Waals surface area contributed by atoms with E-state index in [2.05, 4.69) is 10.3 Å². The summed E-state index contributed by atoms with van der Waals surface area (Å²) >= 11 is 0. The Morgan fingerprint density at radius 3 is 2.78 bits per heavy atom. The molecule has 0 bridgehead atoms. The first-order valence-corrected chi connectivity index (χ1v) is 6.39. The van der Waals surface area contributed by atoms with Gasteiger partial charge >= 0.3 is 0 Å². The molecule has 1 aliphatic heterocycles. The number of fused-ring (bicyclic) bond motifs is 1. The zero-order chi connectivity index (χ0) is 12.5. The molecule has 2 aromatic rings. The monoisotopic (exact) mass is 243 g/mol. The molecule has 0 spiro atoms. The van der Waals surface area contributed by atoms with Crippen molar-refractivity contribution in [2.45, 2.75) is 13.0 Å². The number of hydrogen-bond donors (Lipinski definition) is 2.